The molecule has 0 saturated carbocycles. The Labute approximate surface area is 122 Å². The van der Waals surface area contributed by atoms with Crippen LogP contribution in [0.25, 0.3) is 0 Å². The number of nitrogens with zero attached hydrogens (tertiary/aromatic N) is 3. The van der Waals surface area contributed by atoms with Crippen LogP contribution < -0.4 is 0 Å². The molecule has 0 aromatic carbocycles. The molecular weight excluding hydrogens is 278 g/mol. The van der Waals surface area contributed by atoms with Gasteiger partial charge in [0.15, 0.2) is 5.69 Å². The summed E-state index contributed by atoms with van der Waals surface area (Å²) in [5, 5.41) is 7.76. The molecule has 1 aromatic rings. The fraction of sp³-hybridized carbons (Fsp3) is 0.692. The Balaban J connectivity index is 2.20. The molecule has 8 nitrogen and oxygen atoms in total. The van der Waals surface area contributed by atoms with E-state index in [1.165, 1.54) is 18.9 Å². The summed E-state index contributed by atoms with van der Waals surface area (Å²) in [5.74, 6) is -1.09. The second kappa shape index (κ2) is 7.16. The average Bonchev–Trinajstić information content (AvgIpc) is 2.90. The molecule has 1 aromatic heterocycles. The predicted molar refractivity (Wildman–Crippen MR) is 70.7 cm³/mol. The standard InChI is InChI=1S/C13H19N3O5/c1-19-11(17)7-10-12(13(18)20-2)14-15-16(10)8-9-5-3-4-6-21-9/h9H,3-8H2,1-2H3. The van der Waals surface area contributed by atoms with Crippen molar-refractivity contribution < 1.29 is 23.8 Å². The molecule has 2 rings (SSSR count). The number of hydrogen-bond acceptors (Lipinski definition) is 7. The van der Waals surface area contributed by atoms with Crippen molar-refractivity contribution in [3.8, 4) is 0 Å². The van der Waals surface area contributed by atoms with Crippen molar-refractivity contribution in [2.24, 2.45) is 0 Å². The van der Waals surface area contributed by atoms with E-state index in [0.717, 1.165) is 25.9 Å². The van der Waals surface area contributed by atoms with Crippen LogP contribution in [0.3, 0.4) is 0 Å². The first-order valence-corrected chi connectivity index (χ1v) is 6.84. The van der Waals surface area contributed by atoms with Crippen molar-refractivity contribution >= 4 is 11.9 Å². The molecule has 0 aliphatic carbocycles. The first kappa shape index (κ1) is 15.4. The maximum absolute atomic E-state index is 11.7. The highest BCUT2D eigenvalue weighted by Gasteiger charge is 2.25. The third-order valence-electron chi connectivity index (χ3n) is 3.41. The fourth-order valence-corrected chi connectivity index (χ4v) is 2.26. The lowest BCUT2D eigenvalue weighted by Gasteiger charge is -2.22. The highest BCUT2D eigenvalue weighted by Crippen LogP contribution is 2.16. The highest BCUT2D eigenvalue weighted by molar-refractivity contribution is 5.89. The van der Waals surface area contributed by atoms with Gasteiger partial charge in [-0.2, -0.15) is 0 Å². The molecule has 1 aliphatic rings. The zero-order chi connectivity index (χ0) is 15.2. The minimum Gasteiger partial charge on any atom is -0.469 e. The summed E-state index contributed by atoms with van der Waals surface area (Å²) in [5.41, 5.74) is 0.432. The summed E-state index contributed by atoms with van der Waals surface area (Å²) in [7, 11) is 2.55. The molecule has 8 heteroatoms. The van der Waals surface area contributed by atoms with E-state index in [1.54, 1.807) is 0 Å². The molecular formula is C13H19N3O5. The van der Waals surface area contributed by atoms with E-state index in [2.05, 4.69) is 19.8 Å². The Morgan fingerprint density at radius 2 is 2.14 bits per heavy atom. The molecule has 0 spiro atoms. The Morgan fingerprint density at radius 3 is 2.76 bits per heavy atom. The number of carbonyl (C=O) groups is 2. The van der Waals surface area contributed by atoms with Crippen molar-refractivity contribution in [1.82, 2.24) is 15.0 Å². The largest absolute Gasteiger partial charge is 0.469 e. The van der Waals surface area contributed by atoms with E-state index < -0.39 is 11.9 Å². The van der Waals surface area contributed by atoms with Crippen LogP contribution in [-0.4, -0.2) is 53.9 Å². The Morgan fingerprint density at radius 1 is 1.33 bits per heavy atom. The van der Waals surface area contributed by atoms with Crippen LogP contribution in [0.5, 0.6) is 0 Å². The van der Waals surface area contributed by atoms with Crippen LogP contribution in [0.2, 0.25) is 0 Å². The van der Waals surface area contributed by atoms with Crippen molar-refractivity contribution in [3.63, 3.8) is 0 Å². The number of esters is 2. The SMILES string of the molecule is COC(=O)Cc1c(C(=O)OC)nnn1CC1CCCCO1. The summed E-state index contributed by atoms with van der Waals surface area (Å²) in [4.78, 5) is 23.2. The highest BCUT2D eigenvalue weighted by atomic mass is 16.5. The van der Waals surface area contributed by atoms with Crippen LogP contribution in [-0.2, 0) is 32.0 Å². The quantitative estimate of drug-likeness (QED) is 0.724. The van der Waals surface area contributed by atoms with Crippen LogP contribution in [0, 0.1) is 0 Å². The first-order chi connectivity index (χ1) is 10.2. The van der Waals surface area contributed by atoms with Crippen molar-refractivity contribution in [1.29, 1.82) is 0 Å². The summed E-state index contributed by atoms with van der Waals surface area (Å²) in [6.07, 6.45) is 3.00. The summed E-state index contributed by atoms with van der Waals surface area (Å²) in [6.45, 7) is 1.17. The lowest BCUT2D eigenvalue weighted by Crippen LogP contribution is -2.26. The predicted octanol–water partition coefficient (Wildman–Crippen LogP) is 0.349. The van der Waals surface area contributed by atoms with Crippen molar-refractivity contribution in [3.05, 3.63) is 11.4 Å². The van der Waals surface area contributed by atoms with Gasteiger partial charge in [0.1, 0.15) is 0 Å². The summed E-state index contributed by atoms with van der Waals surface area (Å²) < 4.78 is 16.5. The number of methoxy groups -OCH3 is 2. The molecule has 1 atom stereocenters. The smallest absolute Gasteiger partial charge is 0.360 e. The third kappa shape index (κ3) is 3.78. The van der Waals surface area contributed by atoms with Gasteiger partial charge in [-0.25, -0.2) is 9.48 Å². The van der Waals surface area contributed by atoms with Gasteiger partial charge in [-0.1, -0.05) is 5.21 Å². The van der Waals surface area contributed by atoms with Gasteiger partial charge < -0.3 is 14.2 Å². The summed E-state index contributed by atoms with van der Waals surface area (Å²) in [6, 6.07) is 0. The Bertz CT molecular complexity index is 508. The Hall–Kier alpha value is -1.96. The van der Waals surface area contributed by atoms with Gasteiger partial charge in [-0.3, -0.25) is 4.79 Å². The van der Waals surface area contributed by atoms with Crippen molar-refractivity contribution in [2.75, 3.05) is 20.8 Å². The molecule has 116 valence electrons. The second-order valence-corrected chi connectivity index (χ2v) is 4.80. The molecule has 1 saturated heterocycles. The summed E-state index contributed by atoms with van der Waals surface area (Å²) >= 11 is 0. The molecule has 0 bridgehead atoms. The maximum atomic E-state index is 11.7. The van der Waals surface area contributed by atoms with Crippen LogP contribution in [0.1, 0.15) is 35.4 Å². The molecule has 2 heterocycles. The lowest BCUT2D eigenvalue weighted by atomic mass is 10.1. The normalized spacial score (nSPS) is 18.3. The molecule has 0 radical (unpaired) electrons. The third-order valence-corrected chi connectivity index (χ3v) is 3.41. The minimum absolute atomic E-state index is 0.0161. The van der Waals surface area contributed by atoms with Crippen LogP contribution in [0.4, 0.5) is 0 Å². The maximum Gasteiger partial charge on any atom is 0.360 e. The lowest BCUT2D eigenvalue weighted by molar-refractivity contribution is -0.139. The topological polar surface area (TPSA) is 92.5 Å². The molecule has 1 fully saturated rings. The van der Waals surface area contributed by atoms with Crippen molar-refractivity contribution in [2.45, 2.75) is 38.3 Å². The van der Waals surface area contributed by atoms with E-state index in [-0.39, 0.29) is 18.2 Å². The van der Waals surface area contributed by atoms with Gasteiger partial charge in [-0.05, 0) is 19.3 Å². The number of aromatic nitrogens is 3. The molecule has 0 amide bonds. The van der Waals surface area contributed by atoms with E-state index in [9.17, 15) is 9.59 Å². The van der Waals surface area contributed by atoms with Crippen LogP contribution >= 0.6 is 0 Å². The zero-order valence-corrected chi connectivity index (χ0v) is 12.2. The first-order valence-electron chi connectivity index (χ1n) is 6.84. The van der Waals surface area contributed by atoms with Gasteiger partial charge in [0.25, 0.3) is 0 Å². The fourth-order valence-electron chi connectivity index (χ4n) is 2.26. The van der Waals surface area contributed by atoms with Gasteiger partial charge in [-0.15, -0.1) is 5.10 Å². The van der Waals surface area contributed by atoms with Gasteiger partial charge >= 0.3 is 11.9 Å². The van der Waals surface area contributed by atoms with E-state index in [0.29, 0.717) is 12.2 Å². The minimum atomic E-state index is -0.621. The van der Waals surface area contributed by atoms with Gasteiger partial charge in [0.2, 0.25) is 0 Å². The van der Waals surface area contributed by atoms with E-state index >= 15 is 0 Å². The van der Waals surface area contributed by atoms with E-state index in [1.807, 2.05) is 0 Å². The second-order valence-electron chi connectivity index (χ2n) is 4.80. The molecule has 1 unspecified atom stereocenters. The number of rotatable bonds is 5. The van der Waals surface area contributed by atoms with E-state index in [4.69, 9.17) is 4.74 Å². The number of hydrogen-bond donors (Lipinski definition) is 0. The van der Waals surface area contributed by atoms with Gasteiger partial charge in [0, 0.05) is 6.61 Å². The average molecular weight is 297 g/mol. The molecule has 21 heavy (non-hydrogen) atoms. The molecule has 0 N–H and O–H groups in total. The monoisotopic (exact) mass is 297 g/mol. The molecule has 1 aliphatic heterocycles. The number of ether oxygens (including phenoxy) is 3. The number of carbonyl (C=O) groups excluding carboxylic acids is 2. The van der Waals surface area contributed by atoms with Crippen LogP contribution in [0.15, 0.2) is 0 Å². The van der Waals surface area contributed by atoms with Gasteiger partial charge in [0.05, 0.1) is 39.0 Å². The zero-order valence-electron chi connectivity index (χ0n) is 12.2. The Kier molecular flexibility index (Phi) is 5.26.